The summed E-state index contributed by atoms with van der Waals surface area (Å²) in [7, 11) is 0. The highest BCUT2D eigenvalue weighted by molar-refractivity contribution is 9.13. The topological polar surface area (TPSA) is 57.5 Å². The van der Waals surface area contributed by atoms with Gasteiger partial charge in [0.05, 0.1) is 9.70 Å². The van der Waals surface area contributed by atoms with Crippen LogP contribution in [0.25, 0.3) is 0 Å². The van der Waals surface area contributed by atoms with Gasteiger partial charge in [-0.05, 0) is 44.8 Å². The molecule has 0 fully saturated rings. The molecule has 1 aromatic rings. The Hall–Kier alpha value is 0.0900. The Labute approximate surface area is 102 Å². The maximum atomic E-state index is 10.6. The molecule has 2 unspecified atom stereocenters. The molecule has 0 aromatic carbocycles. The van der Waals surface area contributed by atoms with Crippen LogP contribution in [0.15, 0.2) is 14.3 Å². The maximum absolute atomic E-state index is 10.6. The minimum atomic E-state index is -1.00. The fourth-order valence-corrected chi connectivity index (χ4v) is 3.07. The summed E-state index contributed by atoms with van der Waals surface area (Å²) in [5.41, 5.74) is 0. The van der Waals surface area contributed by atoms with Crippen LogP contribution in [0, 0.1) is 5.92 Å². The van der Waals surface area contributed by atoms with Gasteiger partial charge in [0, 0.05) is 9.35 Å². The Morgan fingerprint density at radius 3 is 2.50 bits per heavy atom. The molecule has 0 spiro atoms. The lowest BCUT2D eigenvalue weighted by Crippen LogP contribution is -2.17. The summed E-state index contributed by atoms with van der Waals surface area (Å²) < 4.78 is 1.68. The fraction of sp³-hybridized carbons (Fsp3) is 0.375. The summed E-state index contributed by atoms with van der Waals surface area (Å²) in [6.45, 7) is 1.48. The standard InChI is InChI=1S/C8H8Br2O3S/c1-3(8(12)13)6(11)5-2-4(9)7(10)14-5/h2-3,6,11H,1H3,(H,12,13). The second-order valence-electron chi connectivity index (χ2n) is 2.84. The molecule has 78 valence electrons. The van der Waals surface area contributed by atoms with Gasteiger partial charge in [-0.15, -0.1) is 11.3 Å². The second kappa shape index (κ2) is 4.74. The van der Waals surface area contributed by atoms with Crippen LogP contribution in [0.1, 0.15) is 17.9 Å². The van der Waals surface area contributed by atoms with Gasteiger partial charge in [0.2, 0.25) is 0 Å². The zero-order valence-corrected chi connectivity index (χ0v) is 11.2. The molecular formula is C8H8Br2O3S. The van der Waals surface area contributed by atoms with Crippen molar-refractivity contribution in [3.8, 4) is 0 Å². The summed E-state index contributed by atoms with van der Waals surface area (Å²) in [5.74, 6) is -1.80. The highest BCUT2D eigenvalue weighted by Crippen LogP contribution is 2.37. The van der Waals surface area contributed by atoms with Crippen LogP contribution in [-0.2, 0) is 4.79 Å². The van der Waals surface area contributed by atoms with Crippen molar-refractivity contribution in [1.82, 2.24) is 0 Å². The van der Waals surface area contributed by atoms with E-state index in [2.05, 4.69) is 31.9 Å². The average molecular weight is 344 g/mol. The third-order valence-corrected chi connectivity index (χ3v) is 5.15. The predicted octanol–water partition coefficient (Wildman–Crippen LogP) is 3.03. The van der Waals surface area contributed by atoms with Gasteiger partial charge >= 0.3 is 5.97 Å². The SMILES string of the molecule is CC(C(=O)O)C(O)c1cc(Br)c(Br)s1. The molecule has 0 bridgehead atoms. The van der Waals surface area contributed by atoms with Gasteiger partial charge < -0.3 is 10.2 Å². The minimum absolute atomic E-state index is 0.638. The summed E-state index contributed by atoms with van der Waals surface area (Å²) >= 11 is 7.88. The van der Waals surface area contributed by atoms with Gasteiger partial charge in [-0.1, -0.05) is 0 Å². The number of carbonyl (C=O) groups is 1. The molecule has 0 amide bonds. The minimum Gasteiger partial charge on any atom is -0.481 e. The third kappa shape index (κ3) is 2.56. The molecular weight excluding hydrogens is 336 g/mol. The monoisotopic (exact) mass is 342 g/mol. The Balaban J connectivity index is 2.89. The van der Waals surface area contributed by atoms with E-state index in [1.54, 1.807) is 6.07 Å². The van der Waals surface area contributed by atoms with Crippen molar-refractivity contribution < 1.29 is 15.0 Å². The lowest BCUT2D eigenvalue weighted by Gasteiger charge is -2.12. The van der Waals surface area contributed by atoms with E-state index in [9.17, 15) is 9.90 Å². The number of halogens is 2. The third-order valence-electron chi connectivity index (χ3n) is 1.82. The quantitative estimate of drug-likeness (QED) is 0.886. The van der Waals surface area contributed by atoms with Crippen LogP contribution < -0.4 is 0 Å². The van der Waals surface area contributed by atoms with Crippen molar-refractivity contribution in [2.45, 2.75) is 13.0 Å². The van der Waals surface area contributed by atoms with Crippen molar-refractivity contribution >= 4 is 49.2 Å². The summed E-state index contributed by atoms with van der Waals surface area (Å²) in [5, 5.41) is 18.4. The smallest absolute Gasteiger partial charge is 0.309 e. The lowest BCUT2D eigenvalue weighted by molar-refractivity contribution is -0.144. The highest BCUT2D eigenvalue weighted by Gasteiger charge is 2.24. The van der Waals surface area contributed by atoms with Crippen molar-refractivity contribution in [1.29, 1.82) is 0 Å². The average Bonchev–Trinajstić information content (AvgIpc) is 2.44. The Kier molecular flexibility index (Phi) is 4.12. The number of hydrogen-bond acceptors (Lipinski definition) is 3. The largest absolute Gasteiger partial charge is 0.481 e. The Morgan fingerprint density at radius 2 is 2.14 bits per heavy atom. The number of rotatable bonds is 3. The van der Waals surface area contributed by atoms with Crippen LogP contribution in [0.4, 0.5) is 0 Å². The van der Waals surface area contributed by atoms with Crippen LogP contribution in [0.2, 0.25) is 0 Å². The molecule has 0 radical (unpaired) electrons. The molecule has 0 saturated heterocycles. The molecule has 0 saturated carbocycles. The first-order valence-corrected chi connectivity index (χ1v) is 6.19. The van der Waals surface area contributed by atoms with Crippen molar-refractivity contribution in [3.05, 3.63) is 19.2 Å². The van der Waals surface area contributed by atoms with E-state index in [0.717, 1.165) is 8.26 Å². The number of aliphatic carboxylic acids is 1. The van der Waals surface area contributed by atoms with E-state index >= 15 is 0 Å². The number of aliphatic hydroxyl groups excluding tert-OH is 1. The predicted molar refractivity (Wildman–Crippen MR) is 61.5 cm³/mol. The first-order chi connectivity index (χ1) is 6.43. The molecule has 2 atom stereocenters. The van der Waals surface area contributed by atoms with Gasteiger partial charge in [-0.3, -0.25) is 4.79 Å². The van der Waals surface area contributed by atoms with E-state index < -0.39 is 18.0 Å². The van der Waals surface area contributed by atoms with Crippen LogP contribution in [-0.4, -0.2) is 16.2 Å². The van der Waals surface area contributed by atoms with Gasteiger partial charge in [0.25, 0.3) is 0 Å². The normalized spacial score (nSPS) is 15.1. The highest BCUT2D eigenvalue weighted by atomic mass is 79.9. The van der Waals surface area contributed by atoms with Gasteiger partial charge in [-0.25, -0.2) is 0 Å². The molecule has 1 heterocycles. The van der Waals surface area contributed by atoms with Crippen molar-refractivity contribution in [2.75, 3.05) is 0 Å². The molecule has 0 aliphatic heterocycles. The molecule has 14 heavy (non-hydrogen) atoms. The first-order valence-electron chi connectivity index (χ1n) is 3.79. The lowest BCUT2D eigenvalue weighted by atomic mass is 10.0. The van der Waals surface area contributed by atoms with Crippen LogP contribution in [0.5, 0.6) is 0 Å². The number of hydrogen-bond donors (Lipinski definition) is 2. The van der Waals surface area contributed by atoms with Crippen molar-refractivity contribution in [3.63, 3.8) is 0 Å². The van der Waals surface area contributed by atoms with Crippen molar-refractivity contribution in [2.24, 2.45) is 5.92 Å². The molecule has 1 rings (SSSR count). The molecule has 3 nitrogen and oxygen atoms in total. The molecule has 0 aliphatic rings. The van der Waals surface area contributed by atoms with E-state index in [0.29, 0.717) is 4.88 Å². The van der Waals surface area contributed by atoms with Crippen LogP contribution >= 0.6 is 43.2 Å². The summed E-state index contributed by atoms with van der Waals surface area (Å²) in [4.78, 5) is 11.3. The zero-order valence-electron chi connectivity index (χ0n) is 7.20. The summed E-state index contributed by atoms with van der Waals surface area (Å²) in [6.07, 6.45) is -0.958. The molecule has 2 N–H and O–H groups in total. The molecule has 0 aliphatic carbocycles. The van der Waals surface area contributed by atoms with Crippen LogP contribution in [0.3, 0.4) is 0 Å². The number of carboxylic acid groups (broad SMARTS) is 1. The number of carboxylic acids is 1. The summed E-state index contributed by atoms with van der Waals surface area (Å²) in [6, 6.07) is 1.72. The zero-order chi connectivity index (χ0) is 10.9. The van der Waals surface area contributed by atoms with E-state index in [-0.39, 0.29) is 0 Å². The molecule has 6 heteroatoms. The van der Waals surface area contributed by atoms with Gasteiger partial charge in [0.15, 0.2) is 0 Å². The Morgan fingerprint density at radius 1 is 1.57 bits per heavy atom. The first kappa shape index (κ1) is 12.2. The van der Waals surface area contributed by atoms with E-state index in [1.807, 2.05) is 0 Å². The van der Waals surface area contributed by atoms with Gasteiger partial charge in [0.1, 0.15) is 6.10 Å². The molecule has 1 aromatic heterocycles. The number of aliphatic hydroxyl groups is 1. The van der Waals surface area contributed by atoms with E-state index in [1.165, 1.54) is 18.3 Å². The number of thiophene rings is 1. The maximum Gasteiger partial charge on any atom is 0.309 e. The Bertz CT molecular complexity index is 331. The van der Waals surface area contributed by atoms with Gasteiger partial charge in [-0.2, -0.15) is 0 Å². The second-order valence-corrected chi connectivity index (χ2v) is 6.10. The fourth-order valence-electron chi connectivity index (χ4n) is 0.891. The van der Waals surface area contributed by atoms with E-state index in [4.69, 9.17) is 5.11 Å².